The molecule has 5 nitrogen and oxygen atoms in total. The number of nitrogens with zero attached hydrogens (tertiary/aromatic N) is 3. The van der Waals surface area contributed by atoms with Gasteiger partial charge in [-0.3, -0.25) is 10.1 Å². The molecule has 0 aromatic carbocycles. The summed E-state index contributed by atoms with van der Waals surface area (Å²) in [4.78, 5) is 13.0. The Kier molecular flexibility index (Phi) is 3.68. The molecule has 1 aromatic heterocycles. The Morgan fingerprint density at radius 3 is 2.69 bits per heavy atom. The first-order valence-corrected chi connectivity index (χ1v) is 4.47. The van der Waals surface area contributed by atoms with Crippen molar-refractivity contribution in [2.45, 2.75) is 12.3 Å². The highest BCUT2D eigenvalue weighted by atomic mass is 35.5. The molecule has 1 rings (SSSR count). The Hall–Kier alpha value is -1.81. The van der Waals surface area contributed by atoms with Crippen molar-refractivity contribution in [1.29, 1.82) is 5.26 Å². The molecule has 0 fully saturated rings. The lowest BCUT2D eigenvalue weighted by Gasteiger charge is -2.04. The second-order valence-corrected chi connectivity index (χ2v) is 2.96. The van der Waals surface area contributed by atoms with E-state index in [4.69, 9.17) is 16.9 Å². The van der Waals surface area contributed by atoms with Crippen LogP contribution in [0.25, 0.3) is 0 Å². The second-order valence-electron chi connectivity index (χ2n) is 2.69. The van der Waals surface area contributed by atoms with Gasteiger partial charge in [0.25, 0.3) is 12.1 Å². The van der Waals surface area contributed by atoms with E-state index in [9.17, 15) is 18.9 Å². The van der Waals surface area contributed by atoms with Gasteiger partial charge >= 0.3 is 0 Å². The zero-order chi connectivity index (χ0) is 12.3. The minimum absolute atomic E-state index is 0.214. The van der Waals surface area contributed by atoms with E-state index in [0.29, 0.717) is 6.07 Å². The van der Waals surface area contributed by atoms with Crippen molar-refractivity contribution in [1.82, 2.24) is 4.98 Å². The summed E-state index contributed by atoms with van der Waals surface area (Å²) in [6.45, 7) is 0. The minimum atomic E-state index is -2.95. The standard InChI is InChI=1S/C8H4ClF2N3O2/c9-2-6-4(3-12)7(14(15)16)1-5(13-6)8(10)11/h1,8H,2H2. The average Bonchev–Trinajstić information content (AvgIpc) is 2.26. The second kappa shape index (κ2) is 4.81. The Morgan fingerprint density at radius 1 is 1.69 bits per heavy atom. The van der Waals surface area contributed by atoms with Crippen LogP contribution in [0.2, 0.25) is 0 Å². The molecular formula is C8H4ClF2N3O2. The van der Waals surface area contributed by atoms with Gasteiger partial charge in [-0.1, -0.05) is 0 Å². The van der Waals surface area contributed by atoms with E-state index in [-0.39, 0.29) is 17.1 Å². The Bertz CT molecular complexity index is 473. The van der Waals surface area contributed by atoms with Crippen molar-refractivity contribution in [2.75, 3.05) is 0 Å². The van der Waals surface area contributed by atoms with E-state index >= 15 is 0 Å². The third kappa shape index (κ3) is 2.23. The molecule has 0 unspecified atom stereocenters. The summed E-state index contributed by atoms with van der Waals surface area (Å²) in [6, 6.07) is 2.11. The largest absolute Gasteiger partial charge is 0.291 e. The molecule has 0 atom stereocenters. The molecule has 0 N–H and O–H groups in total. The Morgan fingerprint density at radius 2 is 2.31 bits per heavy atom. The van der Waals surface area contributed by atoms with Gasteiger partial charge in [0, 0.05) is 6.07 Å². The molecule has 16 heavy (non-hydrogen) atoms. The van der Waals surface area contributed by atoms with E-state index in [1.807, 2.05) is 0 Å². The molecule has 0 saturated carbocycles. The summed E-state index contributed by atoms with van der Waals surface area (Å²) in [6.07, 6.45) is -2.95. The van der Waals surface area contributed by atoms with E-state index in [1.54, 1.807) is 0 Å². The molecule has 0 aliphatic rings. The van der Waals surface area contributed by atoms with Gasteiger partial charge < -0.3 is 0 Å². The van der Waals surface area contributed by atoms with Crippen molar-refractivity contribution in [3.05, 3.63) is 33.1 Å². The van der Waals surface area contributed by atoms with Gasteiger partial charge in [0.05, 0.1) is 16.5 Å². The monoisotopic (exact) mass is 247 g/mol. The van der Waals surface area contributed by atoms with Gasteiger partial charge in [0.15, 0.2) is 5.56 Å². The highest BCUT2D eigenvalue weighted by Crippen LogP contribution is 2.27. The molecule has 84 valence electrons. The molecule has 0 aliphatic heterocycles. The van der Waals surface area contributed by atoms with Gasteiger partial charge in [-0.15, -0.1) is 11.6 Å². The maximum atomic E-state index is 12.4. The maximum Gasteiger partial charge on any atom is 0.291 e. The van der Waals surface area contributed by atoms with Crippen LogP contribution in [0.1, 0.15) is 23.4 Å². The number of hydrogen-bond donors (Lipinski definition) is 0. The molecule has 8 heteroatoms. The lowest BCUT2D eigenvalue weighted by atomic mass is 10.1. The number of pyridine rings is 1. The number of halogens is 3. The molecule has 1 aromatic rings. The Labute approximate surface area is 93.4 Å². The van der Waals surface area contributed by atoms with Gasteiger partial charge in [0.1, 0.15) is 11.8 Å². The topological polar surface area (TPSA) is 79.8 Å². The SMILES string of the molecule is N#Cc1c([N+](=O)[O-])cc(C(F)F)nc1CCl. The maximum absolute atomic E-state index is 12.4. The van der Waals surface area contributed by atoms with Crippen LogP contribution in [-0.4, -0.2) is 9.91 Å². The quantitative estimate of drug-likeness (QED) is 0.467. The summed E-state index contributed by atoms with van der Waals surface area (Å²) in [5.74, 6) is -0.343. The summed E-state index contributed by atoms with van der Waals surface area (Å²) in [5.41, 5.74) is -2.07. The third-order valence-corrected chi connectivity index (χ3v) is 2.01. The van der Waals surface area contributed by atoms with Crippen molar-refractivity contribution in [3.8, 4) is 6.07 Å². The van der Waals surface area contributed by atoms with Gasteiger partial charge in [-0.2, -0.15) is 5.26 Å². The summed E-state index contributed by atoms with van der Waals surface area (Å²) < 4.78 is 24.7. The van der Waals surface area contributed by atoms with Gasteiger partial charge in [-0.25, -0.2) is 13.8 Å². The minimum Gasteiger partial charge on any atom is -0.258 e. The molecule has 0 saturated heterocycles. The van der Waals surface area contributed by atoms with Gasteiger partial charge in [-0.05, 0) is 0 Å². The number of hydrogen-bond acceptors (Lipinski definition) is 4. The van der Waals surface area contributed by atoms with E-state index in [2.05, 4.69) is 4.98 Å². The number of nitriles is 1. The number of nitro groups is 1. The predicted octanol–water partition coefficient (Wildman–Crippen LogP) is 2.54. The van der Waals surface area contributed by atoms with Crippen LogP contribution in [0, 0.1) is 21.4 Å². The first-order chi connectivity index (χ1) is 7.51. The van der Waals surface area contributed by atoms with Crippen molar-refractivity contribution in [3.63, 3.8) is 0 Å². The predicted molar refractivity (Wildman–Crippen MR) is 50.1 cm³/mol. The summed E-state index contributed by atoms with van der Waals surface area (Å²) in [5, 5.41) is 19.2. The number of alkyl halides is 3. The van der Waals surface area contributed by atoms with Crippen LogP contribution in [0.4, 0.5) is 14.5 Å². The van der Waals surface area contributed by atoms with Crippen molar-refractivity contribution >= 4 is 17.3 Å². The van der Waals surface area contributed by atoms with Crippen LogP contribution >= 0.6 is 11.6 Å². The highest BCUT2D eigenvalue weighted by molar-refractivity contribution is 6.17. The lowest BCUT2D eigenvalue weighted by Crippen LogP contribution is -2.03. The van der Waals surface area contributed by atoms with Crippen LogP contribution in [0.5, 0.6) is 0 Å². The average molecular weight is 248 g/mol. The molecule has 0 spiro atoms. The summed E-state index contributed by atoms with van der Waals surface area (Å²) >= 11 is 5.38. The van der Waals surface area contributed by atoms with Crippen LogP contribution in [0.15, 0.2) is 6.07 Å². The molecule has 0 amide bonds. The van der Waals surface area contributed by atoms with E-state index < -0.39 is 22.7 Å². The molecule has 1 heterocycles. The normalized spacial score (nSPS) is 10.2. The Balaban J connectivity index is 3.51. The van der Waals surface area contributed by atoms with Crippen LogP contribution < -0.4 is 0 Å². The third-order valence-electron chi connectivity index (χ3n) is 1.75. The molecular weight excluding hydrogens is 244 g/mol. The summed E-state index contributed by atoms with van der Waals surface area (Å²) in [7, 11) is 0. The van der Waals surface area contributed by atoms with Crippen molar-refractivity contribution in [2.24, 2.45) is 0 Å². The fraction of sp³-hybridized carbons (Fsp3) is 0.250. The van der Waals surface area contributed by atoms with E-state index in [1.165, 1.54) is 6.07 Å². The number of rotatable bonds is 3. The van der Waals surface area contributed by atoms with Crippen LogP contribution in [-0.2, 0) is 5.88 Å². The zero-order valence-corrected chi connectivity index (χ0v) is 8.41. The first kappa shape index (κ1) is 12.3. The highest BCUT2D eigenvalue weighted by Gasteiger charge is 2.23. The number of aromatic nitrogens is 1. The smallest absolute Gasteiger partial charge is 0.258 e. The molecule has 0 aliphatic carbocycles. The molecule has 0 radical (unpaired) electrons. The fourth-order valence-corrected chi connectivity index (χ4v) is 1.27. The van der Waals surface area contributed by atoms with Crippen LogP contribution in [0.3, 0.4) is 0 Å². The van der Waals surface area contributed by atoms with E-state index in [0.717, 1.165) is 0 Å². The zero-order valence-electron chi connectivity index (χ0n) is 7.65. The van der Waals surface area contributed by atoms with Crippen molar-refractivity contribution < 1.29 is 13.7 Å². The fourth-order valence-electron chi connectivity index (χ4n) is 1.08. The first-order valence-electron chi connectivity index (χ1n) is 3.93. The molecule has 0 bridgehead atoms. The lowest BCUT2D eigenvalue weighted by molar-refractivity contribution is -0.385. The van der Waals surface area contributed by atoms with Gasteiger partial charge in [0.2, 0.25) is 0 Å².